The van der Waals surface area contributed by atoms with Crippen molar-refractivity contribution in [1.29, 1.82) is 0 Å². The van der Waals surface area contributed by atoms with Crippen LogP contribution in [0.1, 0.15) is 48.5 Å². The third-order valence-electron chi connectivity index (χ3n) is 4.33. The van der Waals surface area contributed by atoms with E-state index in [1.807, 2.05) is 30.3 Å². The van der Waals surface area contributed by atoms with E-state index in [1.54, 1.807) is 0 Å². The lowest BCUT2D eigenvalue weighted by atomic mass is 9.99. The minimum Gasteiger partial charge on any atom is -0.493 e. The van der Waals surface area contributed by atoms with Gasteiger partial charge < -0.3 is 15.2 Å². The van der Waals surface area contributed by atoms with Crippen LogP contribution in [0.25, 0.3) is 0 Å². The van der Waals surface area contributed by atoms with Crippen molar-refractivity contribution in [3.8, 4) is 5.75 Å². The molecule has 2 unspecified atom stereocenters. The van der Waals surface area contributed by atoms with Crippen molar-refractivity contribution in [2.45, 2.75) is 38.5 Å². The number of halogens is 1. The fourth-order valence-corrected chi connectivity index (χ4v) is 3.24. The monoisotopic (exact) mass is 331 g/mol. The molecule has 1 aliphatic rings. The lowest BCUT2D eigenvalue weighted by Crippen LogP contribution is -2.24. The van der Waals surface area contributed by atoms with Gasteiger partial charge >= 0.3 is 0 Å². The van der Waals surface area contributed by atoms with Crippen molar-refractivity contribution in [3.63, 3.8) is 0 Å². The van der Waals surface area contributed by atoms with E-state index >= 15 is 0 Å². The number of fused-ring (bicyclic) bond motifs is 1. The molecule has 3 nitrogen and oxygen atoms in total. The molecule has 3 rings (SSSR count). The van der Waals surface area contributed by atoms with Gasteiger partial charge in [-0.05, 0) is 43.0 Å². The van der Waals surface area contributed by atoms with Gasteiger partial charge in [-0.3, -0.25) is 0 Å². The smallest absolute Gasteiger partial charge is 0.125 e. The average Bonchev–Trinajstić information content (AvgIpc) is 2.76. The molecule has 0 bridgehead atoms. The molecule has 0 radical (unpaired) electrons. The van der Waals surface area contributed by atoms with Gasteiger partial charge in [0.1, 0.15) is 5.75 Å². The lowest BCUT2D eigenvalue weighted by Gasteiger charge is -2.24. The Hall–Kier alpha value is -1.55. The number of ether oxygens (including phenoxy) is 1. The van der Waals surface area contributed by atoms with Gasteiger partial charge in [-0.25, -0.2) is 0 Å². The Labute approximate surface area is 142 Å². The third-order valence-corrected chi connectivity index (χ3v) is 4.57. The van der Waals surface area contributed by atoms with E-state index in [4.69, 9.17) is 16.3 Å². The van der Waals surface area contributed by atoms with Crippen molar-refractivity contribution in [2.75, 3.05) is 6.61 Å². The number of aliphatic hydroxyl groups excluding tert-OH is 1. The van der Waals surface area contributed by atoms with Crippen LogP contribution < -0.4 is 10.1 Å². The van der Waals surface area contributed by atoms with E-state index in [2.05, 4.69) is 24.4 Å². The summed E-state index contributed by atoms with van der Waals surface area (Å²) < 4.78 is 5.83. The van der Waals surface area contributed by atoms with Crippen LogP contribution in [0, 0.1) is 0 Å². The number of nitrogens with one attached hydrogen (secondary N) is 1. The van der Waals surface area contributed by atoms with Crippen LogP contribution in [-0.2, 0) is 6.61 Å². The first kappa shape index (κ1) is 16.3. The van der Waals surface area contributed by atoms with Crippen LogP contribution in [0.15, 0.2) is 42.5 Å². The van der Waals surface area contributed by atoms with E-state index in [0.29, 0.717) is 5.02 Å². The van der Waals surface area contributed by atoms with Gasteiger partial charge in [-0.2, -0.15) is 0 Å². The second-order valence-electron chi connectivity index (χ2n) is 6.02. The Morgan fingerprint density at radius 1 is 1.30 bits per heavy atom. The van der Waals surface area contributed by atoms with Gasteiger partial charge in [0.15, 0.2) is 0 Å². The zero-order valence-electron chi connectivity index (χ0n) is 13.3. The zero-order chi connectivity index (χ0) is 16.2. The molecule has 0 saturated heterocycles. The van der Waals surface area contributed by atoms with Gasteiger partial charge in [0.05, 0.1) is 13.2 Å². The Bertz CT molecular complexity index is 674. The minimum absolute atomic E-state index is 0.0686. The molecule has 122 valence electrons. The number of hydrogen-bond acceptors (Lipinski definition) is 3. The molecule has 2 aromatic carbocycles. The summed E-state index contributed by atoms with van der Waals surface area (Å²) >= 11 is 6.09. The molecule has 1 aliphatic heterocycles. The Balaban J connectivity index is 1.81. The standard InChI is InChI=1S/C19H22ClNO2/c1-13(15-5-2-4-14(10-15)12-22)21-18-6-3-9-23-19-11-16(20)7-8-17(18)19/h2,4-5,7-8,10-11,13,18,21-22H,3,6,9,12H2,1H3. The molecular weight excluding hydrogens is 310 g/mol. The highest BCUT2D eigenvalue weighted by Crippen LogP contribution is 2.35. The topological polar surface area (TPSA) is 41.5 Å². The predicted molar refractivity (Wildman–Crippen MR) is 92.8 cm³/mol. The Morgan fingerprint density at radius 2 is 2.17 bits per heavy atom. The highest BCUT2D eigenvalue weighted by molar-refractivity contribution is 6.30. The lowest BCUT2D eigenvalue weighted by molar-refractivity contribution is 0.281. The molecule has 2 atom stereocenters. The highest BCUT2D eigenvalue weighted by atomic mass is 35.5. The molecule has 0 saturated carbocycles. The van der Waals surface area contributed by atoms with Gasteiger partial charge in [0.25, 0.3) is 0 Å². The highest BCUT2D eigenvalue weighted by Gasteiger charge is 2.22. The van der Waals surface area contributed by atoms with Crippen LogP contribution in [0.4, 0.5) is 0 Å². The van der Waals surface area contributed by atoms with E-state index in [1.165, 1.54) is 5.56 Å². The van der Waals surface area contributed by atoms with Crippen LogP contribution in [0.3, 0.4) is 0 Å². The molecule has 2 aromatic rings. The summed E-state index contributed by atoms with van der Waals surface area (Å²) in [6, 6.07) is 14.4. The van der Waals surface area contributed by atoms with Gasteiger partial charge in [-0.15, -0.1) is 0 Å². The normalized spacial score (nSPS) is 18.7. The third kappa shape index (κ3) is 3.86. The second kappa shape index (κ2) is 7.35. The molecule has 0 amide bonds. The molecule has 2 N–H and O–H groups in total. The van der Waals surface area contributed by atoms with Crippen molar-refractivity contribution in [3.05, 3.63) is 64.2 Å². The largest absolute Gasteiger partial charge is 0.493 e. The van der Waals surface area contributed by atoms with Crippen LogP contribution >= 0.6 is 11.6 Å². The zero-order valence-corrected chi connectivity index (χ0v) is 14.0. The molecule has 4 heteroatoms. The quantitative estimate of drug-likeness (QED) is 0.872. The average molecular weight is 332 g/mol. The molecule has 1 heterocycles. The van der Waals surface area contributed by atoms with Crippen molar-refractivity contribution in [2.24, 2.45) is 0 Å². The maximum absolute atomic E-state index is 9.31. The minimum atomic E-state index is 0.0686. The first-order valence-electron chi connectivity index (χ1n) is 8.05. The molecule has 23 heavy (non-hydrogen) atoms. The number of hydrogen-bond donors (Lipinski definition) is 2. The Kier molecular flexibility index (Phi) is 5.21. The fourth-order valence-electron chi connectivity index (χ4n) is 3.08. The summed E-state index contributed by atoms with van der Waals surface area (Å²) in [5.41, 5.74) is 3.28. The first-order valence-corrected chi connectivity index (χ1v) is 8.43. The van der Waals surface area contributed by atoms with E-state index in [0.717, 1.165) is 36.3 Å². The van der Waals surface area contributed by atoms with Gasteiger partial charge in [0.2, 0.25) is 0 Å². The number of aliphatic hydroxyl groups is 1. The molecule has 0 aliphatic carbocycles. The first-order chi connectivity index (χ1) is 11.2. The van der Waals surface area contributed by atoms with Crippen molar-refractivity contribution in [1.82, 2.24) is 5.32 Å². The van der Waals surface area contributed by atoms with Crippen LogP contribution in [-0.4, -0.2) is 11.7 Å². The summed E-state index contributed by atoms with van der Waals surface area (Å²) in [5, 5.41) is 13.7. The maximum atomic E-state index is 9.31. The van der Waals surface area contributed by atoms with Gasteiger partial charge in [0, 0.05) is 22.7 Å². The summed E-state index contributed by atoms with van der Waals surface area (Å²) in [4.78, 5) is 0. The number of rotatable bonds is 4. The molecule has 0 spiro atoms. The van der Waals surface area contributed by atoms with E-state index < -0.39 is 0 Å². The molecular formula is C19H22ClNO2. The molecule has 0 aromatic heterocycles. The molecule has 0 fully saturated rings. The SMILES string of the molecule is CC(NC1CCCOc2cc(Cl)ccc21)c1cccc(CO)c1. The predicted octanol–water partition coefficient (Wildman–Crippen LogP) is 4.40. The van der Waals surface area contributed by atoms with Crippen molar-refractivity contribution < 1.29 is 9.84 Å². The summed E-state index contributed by atoms with van der Waals surface area (Å²) in [6.45, 7) is 2.94. The van der Waals surface area contributed by atoms with E-state index in [9.17, 15) is 5.11 Å². The summed E-state index contributed by atoms with van der Waals surface area (Å²) in [7, 11) is 0. The van der Waals surface area contributed by atoms with Crippen LogP contribution in [0.5, 0.6) is 5.75 Å². The van der Waals surface area contributed by atoms with Gasteiger partial charge in [-0.1, -0.05) is 41.9 Å². The fraction of sp³-hybridized carbons (Fsp3) is 0.368. The summed E-state index contributed by atoms with van der Waals surface area (Å²) in [5.74, 6) is 0.879. The Morgan fingerprint density at radius 3 is 3.00 bits per heavy atom. The number of benzene rings is 2. The maximum Gasteiger partial charge on any atom is 0.125 e. The second-order valence-corrected chi connectivity index (χ2v) is 6.45. The summed E-state index contributed by atoms with van der Waals surface area (Å²) in [6.07, 6.45) is 2.03. The van der Waals surface area contributed by atoms with E-state index in [-0.39, 0.29) is 18.7 Å². The van der Waals surface area contributed by atoms with Crippen LogP contribution in [0.2, 0.25) is 5.02 Å². The van der Waals surface area contributed by atoms with Crippen molar-refractivity contribution >= 4 is 11.6 Å².